The minimum Gasteiger partial charge on any atom is -0.376 e. The van der Waals surface area contributed by atoms with Crippen molar-refractivity contribution in [3.8, 4) is 0 Å². The van der Waals surface area contributed by atoms with Crippen LogP contribution in [0.3, 0.4) is 0 Å². The van der Waals surface area contributed by atoms with Gasteiger partial charge < -0.3 is 20.9 Å². The molecule has 0 bridgehead atoms. The van der Waals surface area contributed by atoms with Crippen LogP contribution in [0.5, 0.6) is 0 Å². The third kappa shape index (κ3) is 7.71. The molecule has 3 aromatic carbocycles. The van der Waals surface area contributed by atoms with E-state index in [0.29, 0.717) is 23.4 Å². The highest BCUT2D eigenvalue weighted by Gasteiger charge is 2.13. The van der Waals surface area contributed by atoms with Crippen LogP contribution in [0.2, 0.25) is 0 Å². The van der Waals surface area contributed by atoms with Crippen LogP contribution in [0.1, 0.15) is 46.5 Å². The Labute approximate surface area is 206 Å². The van der Waals surface area contributed by atoms with Gasteiger partial charge in [-0.1, -0.05) is 43.3 Å². The molecule has 7 heteroatoms. The second kappa shape index (κ2) is 12.4. The molecule has 0 saturated heterocycles. The van der Waals surface area contributed by atoms with Crippen molar-refractivity contribution in [2.75, 3.05) is 24.2 Å². The summed E-state index contributed by atoms with van der Waals surface area (Å²) in [5.74, 6) is -0.487. The number of nitrogens with zero attached hydrogens (tertiary/aromatic N) is 1. The van der Waals surface area contributed by atoms with Gasteiger partial charge in [-0.25, -0.2) is 0 Å². The van der Waals surface area contributed by atoms with E-state index in [9.17, 15) is 14.4 Å². The van der Waals surface area contributed by atoms with E-state index in [-0.39, 0.29) is 30.3 Å². The van der Waals surface area contributed by atoms with Crippen LogP contribution < -0.4 is 16.0 Å². The van der Waals surface area contributed by atoms with Gasteiger partial charge in [-0.2, -0.15) is 0 Å². The summed E-state index contributed by atoms with van der Waals surface area (Å²) in [4.78, 5) is 39.1. The average Bonchev–Trinajstić information content (AvgIpc) is 2.88. The van der Waals surface area contributed by atoms with Gasteiger partial charge in [-0.05, 0) is 61.4 Å². The van der Waals surface area contributed by atoms with Gasteiger partial charge in [-0.15, -0.1) is 0 Å². The lowest BCUT2D eigenvalue weighted by molar-refractivity contribution is -0.114. The van der Waals surface area contributed by atoms with Gasteiger partial charge in [0.15, 0.2) is 0 Å². The van der Waals surface area contributed by atoms with Crippen LogP contribution in [0.15, 0.2) is 78.9 Å². The second-order valence-corrected chi connectivity index (χ2v) is 8.49. The molecule has 0 fully saturated rings. The molecule has 3 aromatic rings. The maximum atomic E-state index is 12.8. The third-order valence-corrected chi connectivity index (χ3v) is 5.59. The summed E-state index contributed by atoms with van der Waals surface area (Å²) in [6.07, 6.45) is 0.863. The number of hydrogen-bond acceptors (Lipinski definition) is 4. The van der Waals surface area contributed by atoms with Crippen molar-refractivity contribution in [2.24, 2.45) is 0 Å². The molecule has 35 heavy (non-hydrogen) atoms. The minimum atomic E-state index is -0.245. The summed E-state index contributed by atoms with van der Waals surface area (Å²) >= 11 is 0. The maximum absolute atomic E-state index is 12.8. The van der Waals surface area contributed by atoms with Crippen LogP contribution in [0.25, 0.3) is 0 Å². The summed E-state index contributed by atoms with van der Waals surface area (Å²) < 4.78 is 0. The van der Waals surface area contributed by atoms with E-state index in [1.165, 1.54) is 0 Å². The summed E-state index contributed by atoms with van der Waals surface area (Å²) in [6, 6.07) is 23.8. The minimum absolute atomic E-state index is 0.0461. The first-order valence-electron chi connectivity index (χ1n) is 11.7. The molecule has 3 rings (SSSR count). The Balaban J connectivity index is 1.52. The van der Waals surface area contributed by atoms with Gasteiger partial charge in [0.25, 0.3) is 11.8 Å². The van der Waals surface area contributed by atoms with Gasteiger partial charge in [0, 0.05) is 42.1 Å². The van der Waals surface area contributed by atoms with Crippen molar-refractivity contribution in [3.63, 3.8) is 0 Å². The van der Waals surface area contributed by atoms with Crippen molar-refractivity contribution in [3.05, 3.63) is 95.6 Å². The molecule has 0 radical (unpaired) electrons. The Hall–Kier alpha value is -4.13. The zero-order chi connectivity index (χ0) is 25.2. The standard InChI is InChI=1S/C28H32N4O3/c1-4-20(2)30-27(34)22-13-15-24(16-14-22)29-18-26(33)31-25-12-8-11-23(17-25)28(35)32(3)19-21-9-6-5-7-10-21/h5-17,20,29H,4,18-19H2,1-3H3,(H,30,34)(H,31,33). The smallest absolute Gasteiger partial charge is 0.253 e. The first kappa shape index (κ1) is 25.5. The van der Waals surface area contributed by atoms with Gasteiger partial charge in [0.1, 0.15) is 0 Å². The van der Waals surface area contributed by atoms with Gasteiger partial charge in [0.05, 0.1) is 6.54 Å². The number of carbonyl (C=O) groups excluding carboxylic acids is 3. The Morgan fingerprint density at radius 3 is 2.26 bits per heavy atom. The summed E-state index contributed by atoms with van der Waals surface area (Å²) in [6.45, 7) is 4.52. The molecule has 0 aliphatic carbocycles. The first-order chi connectivity index (χ1) is 16.9. The van der Waals surface area contributed by atoms with Crippen molar-refractivity contribution in [1.29, 1.82) is 0 Å². The fourth-order valence-corrected chi connectivity index (χ4v) is 3.42. The Kier molecular flexibility index (Phi) is 9.01. The number of hydrogen-bond donors (Lipinski definition) is 3. The number of amides is 3. The molecule has 182 valence electrons. The number of carbonyl (C=O) groups is 3. The third-order valence-electron chi connectivity index (χ3n) is 5.59. The van der Waals surface area contributed by atoms with Crippen molar-refractivity contribution >= 4 is 29.1 Å². The molecule has 3 N–H and O–H groups in total. The predicted octanol–water partition coefficient (Wildman–Crippen LogP) is 4.54. The van der Waals surface area contributed by atoms with Crippen LogP contribution in [-0.2, 0) is 11.3 Å². The van der Waals surface area contributed by atoms with Crippen LogP contribution in [-0.4, -0.2) is 42.3 Å². The normalized spacial score (nSPS) is 11.3. The Bertz CT molecular complexity index is 1150. The van der Waals surface area contributed by atoms with E-state index in [1.54, 1.807) is 60.5 Å². The van der Waals surface area contributed by atoms with Gasteiger partial charge in [0.2, 0.25) is 5.91 Å². The molecular weight excluding hydrogens is 440 g/mol. The molecule has 0 saturated carbocycles. The van der Waals surface area contributed by atoms with E-state index < -0.39 is 0 Å². The first-order valence-corrected chi connectivity index (χ1v) is 11.7. The Morgan fingerprint density at radius 2 is 1.57 bits per heavy atom. The van der Waals surface area contributed by atoms with Crippen LogP contribution in [0.4, 0.5) is 11.4 Å². The highest BCUT2D eigenvalue weighted by Crippen LogP contribution is 2.15. The summed E-state index contributed by atoms with van der Waals surface area (Å²) in [5.41, 5.74) is 3.39. The maximum Gasteiger partial charge on any atom is 0.253 e. The monoisotopic (exact) mass is 472 g/mol. The molecule has 7 nitrogen and oxygen atoms in total. The lowest BCUT2D eigenvalue weighted by Gasteiger charge is -2.18. The molecule has 3 amide bonds. The number of rotatable bonds is 10. The predicted molar refractivity (Wildman–Crippen MR) is 139 cm³/mol. The lowest BCUT2D eigenvalue weighted by atomic mass is 10.1. The molecule has 0 aliphatic rings. The summed E-state index contributed by atoms with van der Waals surface area (Å²) in [7, 11) is 1.75. The van der Waals surface area contributed by atoms with E-state index >= 15 is 0 Å². The molecule has 1 atom stereocenters. The topological polar surface area (TPSA) is 90.5 Å². The van der Waals surface area contributed by atoms with E-state index in [0.717, 1.165) is 17.7 Å². The van der Waals surface area contributed by atoms with E-state index in [1.807, 2.05) is 44.2 Å². The number of anilines is 2. The molecule has 0 heterocycles. The van der Waals surface area contributed by atoms with Crippen LogP contribution in [0, 0.1) is 0 Å². The molecule has 0 aliphatic heterocycles. The second-order valence-electron chi connectivity index (χ2n) is 8.49. The Morgan fingerprint density at radius 1 is 0.857 bits per heavy atom. The fourth-order valence-electron chi connectivity index (χ4n) is 3.42. The van der Waals surface area contributed by atoms with Gasteiger partial charge in [-0.3, -0.25) is 14.4 Å². The highest BCUT2D eigenvalue weighted by molar-refractivity contribution is 5.98. The number of benzene rings is 3. The quantitative estimate of drug-likeness (QED) is 0.404. The number of nitrogens with one attached hydrogen (secondary N) is 3. The van der Waals surface area contributed by atoms with Crippen molar-refractivity contribution < 1.29 is 14.4 Å². The molecule has 1 unspecified atom stereocenters. The van der Waals surface area contributed by atoms with Crippen LogP contribution >= 0.6 is 0 Å². The largest absolute Gasteiger partial charge is 0.376 e. The molecule has 0 spiro atoms. The van der Waals surface area contributed by atoms with Crippen molar-refractivity contribution in [2.45, 2.75) is 32.9 Å². The van der Waals surface area contributed by atoms with Gasteiger partial charge >= 0.3 is 0 Å². The molecular formula is C28H32N4O3. The zero-order valence-electron chi connectivity index (χ0n) is 20.4. The zero-order valence-corrected chi connectivity index (χ0v) is 20.4. The lowest BCUT2D eigenvalue weighted by Crippen LogP contribution is -2.31. The SMILES string of the molecule is CCC(C)NC(=O)c1ccc(NCC(=O)Nc2cccc(C(=O)N(C)Cc3ccccc3)c2)cc1. The highest BCUT2D eigenvalue weighted by atomic mass is 16.2. The van der Waals surface area contributed by atoms with E-state index in [2.05, 4.69) is 16.0 Å². The fraction of sp³-hybridized carbons (Fsp3) is 0.250. The average molecular weight is 473 g/mol. The van der Waals surface area contributed by atoms with Crippen molar-refractivity contribution in [1.82, 2.24) is 10.2 Å². The molecule has 0 aromatic heterocycles. The van der Waals surface area contributed by atoms with E-state index in [4.69, 9.17) is 0 Å². The summed E-state index contributed by atoms with van der Waals surface area (Å²) in [5, 5.41) is 8.79.